The van der Waals surface area contributed by atoms with Gasteiger partial charge < -0.3 is 14.6 Å². The third-order valence-electron chi connectivity index (χ3n) is 3.90. The van der Waals surface area contributed by atoms with Gasteiger partial charge in [0, 0.05) is 25.4 Å². The summed E-state index contributed by atoms with van der Waals surface area (Å²) >= 11 is 0. The minimum atomic E-state index is -4.48. The molecule has 0 bridgehead atoms. The zero-order valence-corrected chi connectivity index (χ0v) is 14.6. The van der Waals surface area contributed by atoms with E-state index in [1.54, 1.807) is 0 Å². The highest BCUT2D eigenvalue weighted by molar-refractivity contribution is 6.00. The van der Waals surface area contributed by atoms with Gasteiger partial charge in [-0.25, -0.2) is 0 Å². The smallest absolute Gasteiger partial charge is 0.416 e. The Morgan fingerprint density at radius 3 is 2.19 bits per heavy atom. The number of carboxylic acid groups (broad SMARTS) is 1. The number of amides is 1. The lowest BCUT2D eigenvalue weighted by atomic mass is 10.1. The van der Waals surface area contributed by atoms with Crippen molar-refractivity contribution in [3.8, 4) is 0 Å². The van der Waals surface area contributed by atoms with E-state index in [4.69, 9.17) is 5.11 Å². The van der Waals surface area contributed by atoms with Crippen molar-refractivity contribution < 1.29 is 32.7 Å². The molecule has 0 atom stereocenters. The van der Waals surface area contributed by atoms with Gasteiger partial charge in [-0.1, -0.05) is 12.1 Å². The minimum absolute atomic E-state index is 0.105. The summed E-state index contributed by atoms with van der Waals surface area (Å²) in [5.74, 6) is -2.17. The SMILES string of the molecule is CC(=O)c1cc(C(=O)N(CC(=O)O)Cc2ccc(C(F)(F)F)cc2)n(C)c1. The van der Waals surface area contributed by atoms with Gasteiger partial charge in [0.2, 0.25) is 0 Å². The van der Waals surface area contributed by atoms with Crippen LogP contribution in [0.1, 0.15) is 38.9 Å². The Hall–Kier alpha value is -3.10. The Morgan fingerprint density at radius 1 is 1.15 bits per heavy atom. The van der Waals surface area contributed by atoms with Gasteiger partial charge >= 0.3 is 12.1 Å². The van der Waals surface area contributed by atoms with Crippen LogP contribution >= 0.6 is 0 Å². The molecule has 0 radical (unpaired) electrons. The first-order valence-corrected chi connectivity index (χ1v) is 7.83. The second kappa shape index (κ2) is 7.65. The van der Waals surface area contributed by atoms with Crippen molar-refractivity contribution in [1.29, 1.82) is 0 Å². The number of benzene rings is 1. The molecule has 1 amide bonds. The van der Waals surface area contributed by atoms with Crippen molar-refractivity contribution in [2.45, 2.75) is 19.6 Å². The number of carbonyl (C=O) groups excluding carboxylic acids is 2. The second-order valence-corrected chi connectivity index (χ2v) is 6.03. The molecule has 2 rings (SSSR count). The molecule has 0 aliphatic heterocycles. The largest absolute Gasteiger partial charge is 0.480 e. The summed E-state index contributed by atoms with van der Waals surface area (Å²) in [6.07, 6.45) is -3.03. The highest BCUT2D eigenvalue weighted by atomic mass is 19.4. The van der Waals surface area contributed by atoms with Crippen LogP contribution in [0.25, 0.3) is 0 Å². The van der Waals surface area contributed by atoms with Gasteiger partial charge in [0.15, 0.2) is 5.78 Å². The van der Waals surface area contributed by atoms with Crippen LogP contribution in [0, 0.1) is 0 Å². The zero-order chi connectivity index (χ0) is 20.4. The van der Waals surface area contributed by atoms with E-state index in [9.17, 15) is 27.6 Å². The lowest BCUT2D eigenvalue weighted by Crippen LogP contribution is -2.36. The number of Topliss-reactive ketones (excluding diaryl/α,β-unsaturated/α-hetero) is 1. The first-order chi connectivity index (χ1) is 12.5. The Kier molecular flexibility index (Phi) is 5.72. The van der Waals surface area contributed by atoms with E-state index in [-0.39, 0.29) is 18.0 Å². The minimum Gasteiger partial charge on any atom is -0.480 e. The maximum absolute atomic E-state index is 12.7. The van der Waals surface area contributed by atoms with E-state index >= 15 is 0 Å². The van der Waals surface area contributed by atoms with Crippen molar-refractivity contribution in [3.05, 3.63) is 58.9 Å². The van der Waals surface area contributed by atoms with Crippen LogP contribution in [0.4, 0.5) is 13.2 Å². The fourth-order valence-electron chi connectivity index (χ4n) is 2.51. The molecule has 2 aromatic rings. The van der Waals surface area contributed by atoms with Gasteiger partial charge in [0.1, 0.15) is 12.2 Å². The number of rotatable bonds is 6. The van der Waals surface area contributed by atoms with Gasteiger partial charge in [-0.05, 0) is 30.7 Å². The fourth-order valence-corrected chi connectivity index (χ4v) is 2.51. The summed E-state index contributed by atoms with van der Waals surface area (Å²) in [5, 5.41) is 9.07. The number of carboxylic acids is 1. The lowest BCUT2D eigenvalue weighted by Gasteiger charge is -2.21. The summed E-state index contributed by atoms with van der Waals surface area (Å²) in [7, 11) is 1.54. The highest BCUT2D eigenvalue weighted by Crippen LogP contribution is 2.29. The van der Waals surface area contributed by atoms with Gasteiger partial charge in [-0.3, -0.25) is 14.4 Å². The normalized spacial score (nSPS) is 11.3. The molecule has 144 valence electrons. The van der Waals surface area contributed by atoms with E-state index < -0.39 is 30.2 Å². The molecule has 0 saturated heterocycles. The van der Waals surface area contributed by atoms with E-state index in [0.717, 1.165) is 17.0 Å². The molecule has 0 spiro atoms. The van der Waals surface area contributed by atoms with Gasteiger partial charge in [-0.2, -0.15) is 13.2 Å². The summed E-state index contributed by atoms with van der Waals surface area (Å²) in [6, 6.07) is 5.48. The van der Waals surface area contributed by atoms with Crippen molar-refractivity contribution in [3.63, 3.8) is 0 Å². The Labute approximate surface area is 152 Å². The monoisotopic (exact) mass is 382 g/mol. The first kappa shape index (κ1) is 20.2. The molecule has 1 aromatic heterocycles. The van der Waals surface area contributed by atoms with Crippen LogP contribution in [-0.2, 0) is 24.6 Å². The van der Waals surface area contributed by atoms with E-state index in [0.29, 0.717) is 11.1 Å². The van der Waals surface area contributed by atoms with E-state index in [1.165, 1.54) is 42.9 Å². The predicted molar refractivity (Wildman–Crippen MR) is 89.2 cm³/mol. The van der Waals surface area contributed by atoms with Crippen LogP contribution in [0.15, 0.2) is 36.5 Å². The molecule has 0 aliphatic carbocycles. The van der Waals surface area contributed by atoms with Crippen LogP contribution in [-0.4, -0.2) is 38.8 Å². The number of aromatic nitrogens is 1. The summed E-state index contributed by atoms with van der Waals surface area (Å²) < 4.78 is 39.3. The van der Waals surface area contributed by atoms with Crippen LogP contribution in [0.3, 0.4) is 0 Å². The molecular formula is C18H17F3N2O4. The molecule has 1 heterocycles. The van der Waals surface area contributed by atoms with Gasteiger partial charge in [0.25, 0.3) is 5.91 Å². The van der Waals surface area contributed by atoms with Crippen molar-refractivity contribution in [2.24, 2.45) is 7.05 Å². The number of aryl methyl sites for hydroxylation is 1. The maximum Gasteiger partial charge on any atom is 0.416 e. The standard InChI is InChI=1S/C18H17F3N2O4/c1-11(24)13-7-15(22(2)9-13)17(27)23(10-16(25)26)8-12-3-5-14(6-4-12)18(19,20)21/h3-7,9H,8,10H2,1-2H3,(H,25,26). The third kappa shape index (κ3) is 4.96. The highest BCUT2D eigenvalue weighted by Gasteiger charge is 2.30. The van der Waals surface area contributed by atoms with Crippen LogP contribution < -0.4 is 0 Å². The van der Waals surface area contributed by atoms with E-state index in [2.05, 4.69) is 0 Å². The lowest BCUT2D eigenvalue weighted by molar-refractivity contribution is -0.138. The summed E-state index contributed by atoms with van der Waals surface area (Å²) in [5.41, 5.74) is -0.0893. The Morgan fingerprint density at radius 2 is 1.74 bits per heavy atom. The fraction of sp³-hybridized carbons (Fsp3) is 0.278. The molecule has 1 aromatic carbocycles. The van der Waals surface area contributed by atoms with Crippen molar-refractivity contribution in [2.75, 3.05) is 6.54 Å². The van der Waals surface area contributed by atoms with Gasteiger partial charge in [0.05, 0.1) is 5.56 Å². The quantitative estimate of drug-likeness (QED) is 0.779. The second-order valence-electron chi connectivity index (χ2n) is 6.03. The predicted octanol–water partition coefficient (Wildman–Crippen LogP) is 2.97. The number of halogens is 3. The average Bonchev–Trinajstić information content (AvgIpc) is 2.95. The van der Waals surface area contributed by atoms with Crippen molar-refractivity contribution >= 4 is 17.7 Å². The topological polar surface area (TPSA) is 79.6 Å². The number of hydrogen-bond acceptors (Lipinski definition) is 3. The van der Waals surface area contributed by atoms with Gasteiger partial charge in [-0.15, -0.1) is 0 Å². The molecule has 0 saturated carbocycles. The first-order valence-electron chi connectivity index (χ1n) is 7.83. The van der Waals surface area contributed by atoms with Crippen LogP contribution in [0.5, 0.6) is 0 Å². The average molecular weight is 382 g/mol. The Balaban J connectivity index is 2.28. The Bertz CT molecular complexity index is 870. The number of hydrogen-bond donors (Lipinski definition) is 1. The molecule has 27 heavy (non-hydrogen) atoms. The summed E-state index contributed by atoms with van der Waals surface area (Å²) in [4.78, 5) is 36.3. The zero-order valence-electron chi connectivity index (χ0n) is 14.6. The van der Waals surface area contributed by atoms with Crippen LogP contribution in [0.2, 0.25) is 0 Å². The molecule has 9 heteroatoms. The van der Waals surface area contributed by atoms with Crippen molar-refractivity contribution in [1.82, 2.24) is 9.47 Å². The number of aliphatic carboxylic acids is 1. The molecule has 0 aliphatic rings. The third-order valence-corrected chi connectivity index (χ3v) is 3.90. The number of alkyl halides is 3. The van der Waals surface area contributed by atoms with E-state index in [1.807, 2.05) is 0 Å². The summed E-state index contributed by atoms with van der Waals surface area (Å²) in [6.45, 7) is 0.505. The molecule has 1 N–H and O–H groups in total. The maximum atomic E-state index is 12.7. The number of carbonyl (C=O) groups is 3. The molecule has 0 fully saturated rings. The number of nitrogens with zero attached hydrogens (tertiary/aromatic N) is 2. The molecular weight excluding hydrogens is 365 g/mol. The molecule has 6 nitrogen and oxygen atoms in total. The molecule has 0 unspecified atom stereocenters. The number of ketones is 1.